The SMILES string of the molecule is O=C(Cn1cnnn1)Nc1nc2ccc(-c3ccccc3OC(F)(F)F)cn2n1. The second-order valence-electron chi connectivity index (χ2n) is 5.76. The Labute approximate surface area is 159 Å². The van der Waals surface area contributed by atoms with Gasteiger partial charge in [-0.05, 0) is 28.6 Å². The number of carbonyl (C=O) groups excluding carboxylic acids is 1. The van der Waals surface area contributed by atoms with E-state index in [2.05, 4.69) is 35.7 Å². The van der Waals surface area contributed by atoms with E-state index in [0.29, 0.717) is 11.2 Å². The van der Waals surface area contributed by atoms with Crippen molar-refractivity contribution in [3.63, 3.8) is 0 Å². The van der Waals surface area contributed by atoms with E-state index in [1.54, 1.807) is 18.2 Å². The summed E-state index contributed by atoms with van der Waals surface area (Å²) < 4.78 is 44.6. The standard InChI is InChI=1S/C16H11F3N8O2/c17-16(18,19)29-12-4-2-1-3-11(12)10-5-6-13-21-15(23-27(13)7-10)22-14(28)8-26-9-20-24-25-26/h1-7,9H,8H2,(H,22,23,28). The minimum absolute atomic E-state index is 0.0278. The number of rotatable bonds is 5. The predicted molar refractivity (Wildman–Crippen MR) is 91.6 cm³/mol. The molecule has 0 fully saturated rings. The van der Waals surface area contributed by atoms with E-state index in [0.717, 1.165) is 0 Å². The number of anilines is 1. The van der Waals surface area contributed by atoms with Crippen LogP contribution in [0.25, 0.3) is 16.8 Å². The van der Waals surface area contributed by atoms with Crippen LogP contribution in [0.2, 0.25) is 0 Å². The van der Waals surface area contributed by atoms with E-state index in [1.807, 2.05) is 0 Å². The number of hydrogen-bond donors (Lipinski definition) is 1. The van der Waals surface area contributed by atoms with Crippen LogP contribution in [-0.4, -0.2) is 47.1 Å². The lowest BCUT2D eigenvalue weighted by Crippen LogP contribution is -2.19. The average Bonchev–Trinajstić information content (AvgIpc) is 3.29. The predicted octanol–water partition coefficient (Wildman–Crippen LogP) is 1.92. The van der Waals surface area contributed by atoms with E-state index in [1.165, 1.54) is 39.9 Å². The molecule has 148 valence electrons. The summed E-state index contributed by atoms with van der Waals surface area (Å²) in [6, 6.07) is 8.89. The number of halogens is 3. The molecule has 0 spiro atoms. The molecule has 0 saturated carbocycles. The Morgan fingerprint density at radius 1 is 1.17 bits per heavy atom. The van der Waals surface area contributed by atoms with Crippen LogP contribution < -0.4 is 10.1 Å². The summed E-state index contributed by atoms with van der Waals surface area (Å²) in [6.45, 7) is -0.129. The number of hydrogen-bond acceptors (Lipinski definition) is 7. The molecule has 0 aliphatic rings. The molecule has 0 aliphatic heterocycles. The Morgan fingerprint density at radius 3 is 2.76 bits per heavy atom. The molecule has 1 aromatic carbocycles. The molecule has 3 aromatic heterocycles. The van der Waals surface area contributed by atoms with Crippen LogP contribution in [0.1, 0.15) is 0 Å². The smallest absolute Gasteiger partial charge is 0.405 e. The Hall–Kier alpha value is -4.03. The maximum Gasteiger partial charge on any atom is 0.573 e. The van der Waals surface area contributed by atoms with Crippen LogP contribution in [0, 0.1) is 0 Å². The van der Waals surface area contributed by atoms with Crippen molar-refractivity contribution in [2.45, 2.75) is 12.9 Å². The highest BCUT2D eigenvalue weighted by atomic mass is 19.4. The zero-order valence-corrected chi connectivity index (χ0v) is 14.4. The molecule has 0 atom stereocenters. The Bertz CT molecular complexity index is 1160. The number of ether oxygens (including phenoxy) is 1. The van der Waals surface area contributed by atoms with E-state index in [-0.39, 0.29) is 23.8 Å². The third-order valence-electron chi connectivity index (χ3n) is 3.70. The van der Waals surface area contributed by atoms with Crippen molar-refractivity contribution in [1.29, 1.82) is 0 Å². The number of aromatic nitrogens is 7. The van der Waals surface area contributed by atoms with Crippen molar-refractivity contribution < 1.29 is 22.7 Å². The van der Waals surface area contributed by atoms with Crippen LogP contribution in [0.4, 0.5) is 19.1 Å². The second kappa shape index (κ2) is 7.18. The van der Waals surface area contributed by atoms with Gasteiger partial charge in [0, 0.05) is 17.3 Å². The fourth-order valence-electron chi connectivity index (χ4n) is 2.58. The van der Waals surface area contributed by atoms with Crippen molar-refractivity contribution in [3.05, 3.63) is 48.9 Å². The normalized spacial score (nSPS) is 11.6. The molecule has 13 heteroatoms. The van der Waals surface area contributed by atoms with Crippen molar-refractivity contribution in [2.24, 2.45) is 0 Å². The maximum absolute atomic E-state index is 12.6. The topological polar surface area (TPSA) is 112 Å². The summed E-state index contributed by atoms with van der Waals surface area (Å²) in [7, 11) is 0. The summed E-state index contributed by atoms with van der Waals surface area (Å²) in [5.41, 5.74) is 1.04. The monoisotopic (exact) mass is 404 g/mol. The second-order valence-corrected chi connectivity index (χ2v) is 5.76. The summed E-state index contributed by atoms with van der Waals surface area (Å²) in [4.78, 5) is 16.1. The zero-order chi connectivity index (χ0) is 20.4. The number of tetrazole rings is 1. The fraction of sp³-hybridized carbons (Fsp3) is 0.125. The van der Waals surface area contributed by atoms with E-state index < -0.39 is 12.3 Å². The van der Waals surface area contributed by atoms with Crippen LogP contribution in [0.3, 0.4) is 0 Å². The third kappa shape index (κ3) is 4.28. The van der Waals surface area contributed by atoms with Crippen molar-refractivity contribution >= 4 is 17.5 Å². The summed E-state index contributed by atoms with van der Waals surface area (Å²) in [5, 5.41) is 17.0. The first kappa shape index (κ1) is 18.3. The van der Waals surface area contributed by atoms with E-state index in [9.17, 15) is 18.0 Å². The zero-order valence-electron chi connectivity index (χ0n) is 14.4. The molecule has 29 heavy (non-hydrogen) atoms. The molecular weight excluding hydrogens is 393 g/mol. The van der Waals surface area contributed by atoms with Gasteiger partial charge in [0.25, 0.3) is 0 Å². The van der Waals surface area contributed by atoms with Crippen LogP contribution >= 0.6 is 0 Å². The molecule has 0 saturated heterocycles. The number of benzene rings is 1. The summed E-state index contributed by atoms with van der Waals surface area (Å²) >= 11 is 0. The van der Waals surface area contributed by atoms with Crippen molar-refractivity contribution in [1.82, 2.24) is 34.8 Å². The molecule has 1 N–H and O–H groups in total. The van der Waals surface area contributed by atoms with Gasteiger partial charge < -0.3 is 4.74 Å². The van der Waals surface area contributed by atoms with Crippen LogP contribution in [0.15, 0.2) is 48.9 Å². The number of pyridine rings is 1. The lowest BCUT2D eigenvalue weighted by molar-refractivity contribution is -0.274. The summed E-state index contributed by atoms with van der Waals surface area (Å²) in [6.07, 6.45) is -2.05. The molecule has 0 unspecified atom stereocenters. The lowest BCUT2D eigenvalue weighted by Gasteiger charge is -2.13. The quantitative estimate of drug-likeness (QED) is 0.541. The molecule has 4 rings (SSSR count). The van der Waals surface area contributed by atoms with Crippen LogP contribution in [0.5, 0.6) is 5.75 Å². The van der Waals surface area contributed by atoms with Gasteiger partial charge in [-0.1, -0.05) is 18.2 Å². The molecule has 1 amide bonds. The number of carbonyl (C=O) groups is 1. The molecule has 0 radical (unpaired) electrons. The number of nitrogens with zero attached hydrogens (tertiary/aromatic N) is 7. The largest absolute Gasteiger partial charge is 0.573 e. The molecule has 0 aliphatic carbocycles. The highest BCUT2D eigenvalue weighted by molar-refractivity contribution is 5.88. The highest BCUT2D eigenvalue weighted by Gasteiger charge is 2.32. The molecular formula is C16H11F3N8O2. The number of amides is 1. The number of nitrogens with one attached hydrogen (secondary N) is 1. The van der Waals surface area contributed by atoms with Gasteiger partial charge in [0.15, 0.2) is 5.65 Å². The first-order chi connectivity index (χ1) is 13.9. The van der Waals surface area contributed by atoms with Gasteiger partial charge in [-0.15, -0.1) is 23.4 Å². The fourth-order valence-corrected chi connectivity index (χ4v) is 2.58. The number of alkyl halides is 3. The van der Waals surface area contributed by atoms with Gasteiger partial charge in [-0.3, -0.25) is 10.1 Å². The van der Waals surface area contributed by atoms with Gasteiger partial charge in [-0.2, -0.15) is 4.98 Å². The Balaban J connectivity index is 1.58. The minimum Gasteiger partial charge on any atom is -0.405 e. The summed E-state index contributed by atoms with van der Waals surface area (Å²) in [5.74, 6) is -0.758. The van der Waals surface area contributed by atoms with Crippen molar-refractivity contribution in [3.8, 4) is 16.9 Å². The number of fused-ring (bicyclic) bond motifs is 1. The van der Waals surface area contributed by atoms with E-state index in [4.69, 9.17) is 0 Å². The van der Waals surface area contributed by atoms with Gasteiger partial charge in [0.05, 0.1) is 0 Å². The lowest BCUT2D eigenvalue weighted by atomic mass is 10.1. The molecule has 10 nitrogen and oxygen atoms in total. The first-order valence-electron chi connectivity index (χ1n) is 8.09. The minimum atomic E-state index is -4.81. The molecule has 0 bridgehead atoms. The van der Waals surface area contributed by atoms with E-state index >= 15 is 0 Å². The Morgan fingerprint density at radius 2 is 2.00 bits per heavy atom. The molecule has 3 heterocycles. The Kier molecular flexibility index (Phi) is 4.54. The van der Waals surface area contributed by atoms with Gasteiger partial charge in [0.2, 0.25) is 11.9 Å². The third-order valence-corrected chi connectivity index (χ3v) is 3.70. The van der Waals surface area contributed by atoms with Gasteiger partial charge >= 0.3 is 6.36 Å². The van der Waals surface area contributed by atoms with Gasteiger partial charge in [-0.25, -0.2) is 9.20 Å². The number of para-hydroxylation sites is 1. The maximum atomic E-state index is 12.6. The van der Waals surface area contributed by atoms with Crippen molar-refractivity contribution in [2.75, 3.05) is 5.32 Å². The van der Waals surface area contributed by atoms with Gasteiger partial charge in [0.1, 0.15) is 18.6 Å². The molecule has 4 aromatic rings. The average molecular weight is 404 g/mol. The highest BCUT2D eigenvalue weighted by Crippen LogP contribution is 2.33. The first-order valence-corrected chi connectivity index (χ1v) is 8.09. The van der Waals surface area contributed by atoms with Crippen LogP contribution in [-0.2, 0) is 11.3 Å².